The molecule has 0 bridgehead atoms. The van der Waals surface area contributed by atoms with E-state index in [1.54, 1.807) is 0 Å². The van der Waals surface area contributed by atoms with Gasteiger partial charge in [-0.2, -0.15) is 0 Å². The highest BCUT2D eigenvalue weighted by Crippen LogP contribution is 2.31. The third kappa shape index (κ3) is 3.69. The fourth-order valence-corrected chi connectivity index (χ4v) is 5.57. The molecular weight excluding hydrogens is 388 g/mol. The molecule has 2 aromatic heterocycles. The number of likely N-dealkylation sites (tertiary alicyclic amines) is 1. The Balaban J connectivity index is 1.67. The van der Waals surface area contributed by atoms with E-state index in [9.17, 15) is 4.79 Å². The summed E-state index contributed by atoms with van der Waals surface area (Å²) in [6.45, 7) is 8.55. The van der Waals surface area contributed by atoms with Crippen molar-refractivity contribution in [2.45, 2.75) is 71.4 Å². The predicted octanol–water partition coefficient (Wildman–Crippen LogP) is 2.65. The van der Waals surface area contributed by atoms with E-state index in [4.69, 9.17) is 0 Å². The summed E-state index contributed by atoms with van der Waals surface area (Å²) in [4.78, 5) is 18.0. The number of hydrogen-bond acceptors (Lipinski definition) is 4. The summed E-state index contributed by atoms with van der Waals surface area (Å²) in [6.07, 6.45) is 7.00. The minimum atomic E-state index is -0.142. The summed E-state index contributed by atoms with van der Waals surface area (Å²) in [5.74, 6) is 1.58. The largest absolute Gasteiger partial charge is 0.322 e. The van der Waals surface area contributed by atoms with Crippen LogP contribution >= 0.6 is 0 Å². The maximum atomic E-state index is 13.4. The van der Waals surface area contributed by atoms with Gasteiger partial charge < -0.3 is 9.88 Å². The van der Waals surface area contributed by atoms with Crippen molar-refractivity contribution in [3.05, 3.63) is 51.1 Å². The Morgan fingerprint density at radius 2 is 1.81 bits per heavy atom. The molecule has 164 valence electrons. The van der Waals surface area contributed by atoms with E-state index in [1.807, 2.05) is 11.6 Å². The Morgan fingerprint density at radius 1 is 1.10 bits per heavy atom. The number of aromatic amines is 1. The number of rotatable bonds is 4. The lowest BCUT2D eigenvalue weighted by Crippen LogP contribution is -3.13. The van der Waals surface area contributed by atoms with E-state index in [1.165, 1.54) is 36.1 Å². The van der Waals surface area contributed by atoms with Crippen LogP contribution in [0, 0.1) is 19.8 Å². The van der Waals surface area contributed by atoms with Crippen LogP contribution in [0.3, 0.4) is 0 Å². The van der Waals surface area contributed by atoms with E-state index >= 15 is 0 Å². The van der Waals surface area contributed by atoms with Gasteiger partial charge in [0.15, 0.2) is 6.04 Å². The van der Waals surface area contributed by atoms with Crippen molar-refractivity contribution in [3.8, 4) is 0 Å². The lowest BCUT2D eigenvalue weighted by molar-refractivity contribution is -0.932. The van der Waals surface area contributed by atoms with Gasteiger partial charge >= 0.3 is 0 Å². The summed E-state index contributed by atoms with van der Waals surface area (Å²) < 4.78 is 2.04. The maximum Gasteiger partial charge on any atom is 0.258 e. The zero-order chi connectivity index (χ0) is 21.5. The first-order valence-electron chi connectivity index (χ1n) is 11.8. The summed E-state index contributed by atoms with van der Waals surface area (Å²) in [5, 5.41) is 14.1. The van der Waals surface area contributed by atoms with Crippen LogP contribution in [-0.4, -0.2) is 38.3 Å². The van der Waals surface area contributed by atoms with Crippen molar-refractivity contribution in [3.63, 3.8) is 0 Å². The second-order valence-corrected chi connectivity index (χ2v) is 9.74. The third-order valence-electron chi connectivity index (χ3n) is 7.56. The summed E-state index contributed by atoms with van der Waals surface area (Å²) in [7, 11) is 0. The molecule has 0 unspecified atom stereocenters. The smallest absolute Gasteiger partial charge is 0.258 e. The number of fused-ring (bicyclic) bond motifs is 1. The Morgan fingerprint density at radius 3 is 2.55 bits per heavy atom. The summed E-state index contributed by atoms with van der Waals surface area (Å²) >= 11 is 0. The van der Waals surface area contributed by atoms with Crippen molar-refractivity contribution in [2.75, 3.05) is 13.1 Å². The average molecular weight is 422 g/mol. The number of quaternary nitrogens is 1. The molecule has 2 aliphatic rings. The highest BCUT2D eigenvalue weighted by molar-refractivity contribution is 5.85. The van der Waals surface area contributed by atoms with Gasteiger partial charge in [0.2, 0.25) is 5.82 Å². The van der Waals surface area contributed by atoms with E-state index in [0.717, 1.165) is 59.7 Å². The second kappa shape index (κ2) is 8.19. The van der Waals surface area contributed by atoms with Crippen LogP contribution in [0.25, 0.3) is 10.9 Å². The average Bonchev–Trinajstić information content (AvgIpc) is 3.45. The van der Waals surface area contributed by atoms with Gasteiger partial charge in [-0.15, -0.1) is 5.10 Å². The fraction of sp³-hybridized carbons (Fsp3) is 0.583. The van der Waals surface area contributed by atoms with Crippen molar-refractivity contribution in [1.29, 1.82) is 0 Å². The molecular formula is C24H33N6O+. The summed E-state index contributed by atoms with van der Waals surface area (Å²) in [6, 6.07) is 6.52. The molecule has 7 nitrogen and oxygen atoms in total. The van der Waals surface area contributed by atoms with Crippen molar-refractivity contribution < 1.29 is 4.90 Å². The minimum Gasteiger partial charge on any atom is -0.322 e. The molecule has 0 radical (unpaired) electrons. The van der Waals surface area contributed by atoms with Crippen LogP contribution in [0.2, 0.25) is 0 Å². The van der Waals surface area contributed by atoms with Gasteiger partial charge in [0, 0.05) is 5.39 Å². The number of nitrogens with one attached hydrogen (secondary N) is 2. The van der Waals surface area contributed by atoms with Crippen molar-refractivity contribution in [1.82, 2.24) is 25.2 Å². The maximum absolute atomic E-state index is 13.4. The Bertz CT molecular complexity index is 1130. The molecule has 1 aliphatic heterocycles. The van der Waals surface area contributed by atoms with E-state index < -0.39 is 0 Å². The Kier molecular flexibility index (Phi) is 5.38. The van der Waals surface area contributed by atoms with Gasteiger partial charge in [-0.3, -0.25) is 4.79 Å². The van der Waals surface area contributed by atoms with Gasteiger partial charge in [0.1, 0.15) is 0 Å². The number of piperidine rings is 1. The lowest BCUT2D eigenvalue weighted by Gasteiger charge is -2.33. The normalized spacial score (nSPS) is 23.5. The van der Waals surface area contributed by atoms with Crippen LogP contribution < -0.4 is 10.5 Å². The molecule has 2 fully saturated rings. The van der Waals surface area contributed by atoms with Crippen LogP contribution in [-0.2, 0) is 0 Å². The Hall–Kier alpha value is -2.54. The Labute approximate surface area is 182 Å². The molecule has 7 heteroatoms. The topological polar surface area (TPSA) is 80.9 Å². The molecule has 3 heterocycles. The quantitative estimate of drug-likeness (QED) is 0.679. The highest BCUT2D eigenvalue weighted by atomic mass is 16.1. The monoisotopic (exact) mass is 421 g/mol. The van der Waals surface area contributed by atoms with Gasteiger partial charge in [-0.05, 0) is 73.1 Å². The molecule has 1 aromatic carbocycles. The van der Waals surface area contributed by atoms with Crippen LogP contribution in [0.5, 0.6) is 0 Å². The van der Waals surface area contributed by atoms with E-state index in [0.29, 0.717) is 6.04 Å². The molecule has 1 saturated heterocycles. The van der Waals surface area contributed by atoms with Crippen molar-refractivity contribution in [2.24, 2.45) is 5.92 Å². The SMILES string of the molecule is Cc1ccc(C)c2[nH]c(=O)c([C@H](c3nnnn3C3CCCC3)[NH+]3CCC(C)CC3)cc12. The van der Waals surface area contributed by atoms with Gasteiger partial charge in [-0.25, -0.2) is 4.68 Å². The number of tetrazole rings is 1. The molecule has 1 aliphatic carbocycles. The van der Waals surface area contributed by atoms with Crippen LogP contribution in [0.4, 0.5) is 0 Å². The molecule has 2 N–H and O–H groups in total. The number of aromatic nitrogens is 5. The zero-order valence-corrected chi connectivity index (χ0v) is 18.8. The van der Waals surface area contributed by atoms with Crippen LogP contribution in [0.15, 0.2) is 23.0 Å². The number of pyridine rings is 1. The zero-order valence-electron chi connectivity index (χ0n) is 18.8. The molecule has 31 heavy (non-hydrogen) atoms. The number of hydrogen-bond donors (Lipinski definition) is 2. The first-order valence-corrected chi connectivity index (χ1v) is 11.8. The molecule has 5 rings (SSSR count). The highest BCUT2D eigenvalue weighted by Gasteiger charge is 2.37. The first-order chi connectivity index (χ1) is 15.0. The van der Waals surface area contributed by atoms with Gasteiger partial charge in [-0.1, -0.05) is 31.9 Å². The van der Waals surface area contributed by atoms with Gasteiger partial charge in [0.05, 0.1) is 30.2 Å². The predicted molar refractivity (Wildman–Crippen MR) is 120 cm³/mol. The van der Waals surface area contributed by atoms with E-state index in [-0.39, 0.29) is 11.6 Å². The lowest BCUT2D eigenvalue weighted by atomic mass is 9.94. The molecule has 0 amide bonds. The second-order valence-electron chi connectivity index (χ2n) is 9.74. The standard InChI is InChI=1S/C24H32N6O/c1-15-10-12-29(13-11-15)22(23-26-27-28-30(23)18-6-4-5-7-18)20-14-19-16(2)8-9-17(3)21(19)25-24(20)31/h8-9,14-15,18,22H,4-7,10-13H2,1-3H3,(H,25,31)/p+1/t22-/m1/s1. The fourth-order valence-electron chi connectivity index (χ4n) is 5.57. The van der Waals surface area contributed by atoms with E-state index in [2.05, 4.69) is 52.6 Å². The molecule has 3 aromatic rings. The van der Waals surface area contributed by atoms with Crippen LogP contribution in [0.1, 0.15) is 80.0 Å². The van der Waals surface area contributed by atoms with Gasteiger partial charge in [0.25, 0.3) is 5.56 Å². The molecule has 1 atom stereocenters. The number of benzene rings is 1. The number of nitrogens with zero attached hydrogens (tertiary/aromatic N) is 4. The number of aryl methyl sites for hydroxylation is 2. The first kappa shape index (κ1) is 20.4. The molecule has 1 saturated carbocycles. The summed E-state index contributed by atoms with van der Waals surface area (Å²) in [5.41, 5.74) is 3.98. The third-order valence-corrected chi connectivity index (χ3v) is 7.56. The number of H-pyrrole nitrogens is 1. The minimum absolute atomic E-state index is 0.0155. The molecule has 0 spiro atoms. The van der Waals surface area contributed by atoms with Crippen molar-refractivity contribution >= 4 is 10.9 Å².